The molecule has 3 amide bonds. The highest BCUT2D eigenvalue weighted by Gasteiger charge is 2.35. The number of likely N-dealkylation sites (N-methyl/N-ethyl adjacent to an activating group) is 1. The fourth-order valence-corrected chi connectivity index (χ4v) is 4.04. The summed E-state index contributed by atoms with van der Waals surface area (Å²) < 4.78 is 0. The number of piperazine rings is 2. The van der Waals surface area contributed by atoms with Crippen LogP contribution in [0.3, 0.4) is 0 Å². The minimum Gasteiger partial charge on any atom is -0.353 e. The smallest absolute Gasteiger partial charge is 0.243 e. The monoisotopic (exact) mass is 441 g/mol. The van der Waals surface area contributed by atoms with E-state index in [-0.39, 0.29) is 30.7 Å². The first-order valence-corrected chi connectivity index (χ1v) is 10.3. The molecule has 2 aliphatic rings. The Morgan fingerprint density at radius 1 is 1.10 bits per heavy atom. The molecule has 29 heavy (non-hydrogen) atoms. The Kier molecular flexibility index (Phi) is 7.34. The molecule has 1 aromatic carbocycles. The normalized spacial score (nSPS) is 21.0. The summed E-state index contributed by atoms with van der Waals surface area (Å²) in [5.74, 6) is -0.835. The molecule has 10 heteroatoms. The van der Waals surface area contributed by atoms with E-state index in [4.69, 9.17) is 23.2 Å². The van der Waals surface area contributed by atoms with Crippen LogP contribution in [0.5, 0.6) is 0 Å². The molecule has 0 saturated carbocycles. The molecule has 1 aromatic rings. The second kappa shape index (κ2) is 9.75. The molecule has 0 bridgehead atoms. The highest BCUT2D eigenvalue weighted by Crippen LogP contribution is 2.23. The zero-order chi connectivity index (χ0) is 21.0. The fraction of sp³-hybridized carbons (Fsp3) is 0.526. The molecule has 2 saturated heterocycles. The van der Waals surface area contributed by atoms with Gasteiger partial charge in [-0.2, -0.15) is 0 Å². The van der Waals surface area contributed by atoms with Gasteiger partial charge in [0.25, 0.3) is 0 Å². The predicted molar refractivity (Wildman–Crippen MR) is 112 cm³/mol. The maximum Gasteiger partial charge on any atom is 0.243 e. The molecular formula is C19H25Cl2N5O3. The Morgan fingerprint density at radius 3 is 2.41 bits per heavy atom. The third-order valence-corrected chi connectivity index (χ3v) is 5.57. The van der Waals surface area contributed by atoms with E-state index in [2.05, 4.69) is 27.5 Å². The number of amides is 3. The van der Waals surface area contributed by atoms with Crippen LogP contribution in [0.1, 0.15) is 6.42 Å². The molecule has 8 nitrogen and oxygen atoms in total. The lowest BCUT2D eigenvalue weighted by Crippen LogP contribution is -2.60. The Labute approximate surface area is 180 Å². The summed E-state index contributed by atoms with van der Waals surface area (Å²) in [6.07, 6.45) is -0.134. The number of nitrogens with one attached hydrogen (secondary N) is 2. The Morgan fingerprint density at radius 2 is 1.76 bits per heavy atom. The van der Waals surface area contributed by atoms with Crippen molar-refractivity contribution < 1.29 is 14.4 Å². The van der Waals surface area contributed by atoms with Crippen molar-refractivity contribution in [2.45, 2.75) is 12.5 Å². The average molecular weight is 442 g/mol. The third kappa shape index (κ3) is 6.05. The van der Waals surface area contributed by atoms with Crippen molar-refractivity contribution in [2.24, 2.45) is 0 Å². The number of halogens is 2. The van der Waals surface area contributed by atoms with Crippen LogP contribution < -0.4 is 10.6 Å². The summed E-state index contributed by atoms with van der Waals surface area (Å²) in [4.78, 5) is 43.6. The molecule has 2 N–H and O–H groups in total. The zero-order valence-corrected chi connectivity index (χ0v) is 17.8. The van der Waals surface area contributed by atoms with Crippen molar-refractivity contribution in [1.29, 1.82) is 0 Å². The van der Waals surface area contributed by atoms with Gasteiger partial charge >= 0.3 is 0 Å². The molecule has 2 heterocycles. The van der Waals surface area contributed by atoms with Crippen LogP contribution in [0, 0.1) is 0 Å². The van der Waals surface area contributed by atoms with Gasteiger partial charge in [-0.1, -0.05) is 23.2 Å². The summed E-state index contributed by atoms with van der Waals surface area (Å²) in [6, 6.07) is 3.87. The number of anilines is 1. The maximum absolute atomic E-state index is 12.9. The van der Waals surface area contributed by atoms with Gasteiger partial charge in [0.05, 0.1) is 13.0 Å². The molecule has 0 unspecified atom stereocenters. The first-order chi connectivity index (χ1) is 13.8. The Bertz CT molecular complexity index is 763. The van der Waals surface area contributed by atoms with E-state index in [0.29, 0.717) is 28.8 Å². The topological polar surface area (TPSA) is 85.0 Å². The van der Waals surface area contributed by atoms with Gasteiger partial charge in [0, 0.05) is 55.0 Å². The van der Waals surface area contributed by atoms with Gasteiger partial charge < -0.3 is 20.4 Å². The number of hydrogen-bond acceptors (Lipinski definition) is 5. The molecule has 0 spiro atoms. The van der Waals surface area contributed by atoms with E-state index in [1.165, 1.54) is 4.90 Å². The second-order valence-corrected chi connectivity index (χ2v) is 8.26. The minimum absolute atomic E-state index is 0.131. The first kappa shape index (κ1) is 21.8. The standard InChI is InChI=1S/C19H25Cl2N5O3/c1-24-4-6-25(7-5-24)12-18(28)26-3-2-22-19(29)16(26)11-17(27)23-15-9-13(20)8-14(21)10-15/h8-10,16H,2-7,11-12H2,1H3,(H,22,29)(H,23,27)/t16-/m0/s1. The lowest BCUT2D eigenvalue weighted by molar-refractivity contribution is -0.145. The summed E-state index contributed by atoms with van der Waals surface area (Å²) in [7, 11) is 2.05. The minimum atomic E-state index is -0.835. The molecule has 0 aromatic heterocycles. The van der Waals surface area contributed by atoms with E-state index in [1.807, 2.05) is 0 Å². The highest BCUT2D eigenvalue weighted by atomic mass is 35.5. The lowest BCUT2D eigenvalue weighted by Gasteiger charge is -2.37. The largest absolute Gasteiger partial charge is 0.353 e. The predicted octanol–water partition coefficient (Wildman–Crippen LogP) is 0.896. The van der Waals surface area contributed by atoms with Crippen LogP contribution >= 0.6 is 23.2 Å². The zero-order valence-electron chi connectivity index (χ0n) is 16.3. The molecule has 158 valence electrons. The molecule has 2 fully saturated rings. The van der Waals surface area contributed by atoms with Crippen molar-refractivity contribution in [3.63, 3.8) is 0 Å². The summed E-state index contributed by atoms with van der Waals surface area (Å²) >= 11 is 11.9. The maximum atomic E-state index is 12.9. The molecule has 2 aliphatic heterocycles. The van der Waals surface area contributed by atoms with Crippen LogP contribution in [0.4, 0.5) is 5.69 Å². The first-order valence-electron chi connectivity index (χ1n) is 9.56. The van der Waals surface area contributed by atoms with Crippen molar-refractivity contribution in [3.05, 3.63) is 28.2 Å². The summed E-state index contributed by atoms with van der Waals surface area (Å²) in [6.45, 7) is 4.45. The SMILES string of the molecule is CN1CCN(CC(=O)N2CCNC(=O)[C@@H]2CC(=O)Nc2cc(Cl)cc(Cl)c2)CC1. The molecule has 3 rings (SSSR count). The molecule has 0 aliphatic carbocycles. The van der Waals surface area contributed by atoms with Gasteiger partial charge in [0.2, 0.25) is 17.7 Å². The third-order valence-electron chi connectivity index (χ3n) is 5.13. The van der Waals surface area contributed by atoms with Gasteiger partial charge in [-0.25, -0.2) is 0 Å². The quantitative estimate of drug-likeness (QED) is 0.708. The average Bonchev–Trinajstić information content (AvgIpc) is 2.64. The van der Waals surface area contributed by atoms with Gasteiger partial charge in [-0.3, -0.25) is 19.3 Å². The summed E-state index contributed by atoms with van der Waals surface area (Å²) in [5.41, 5.74) is 0.444. The van der Waals surface area contributed by atoms with Gasteiger partial charge in [0.1, 0.15) is 6.04 Å². The second-order valence-electron chi connectivity index (χ2n) is 7.38. The van der Waals surface area contributed by atoms with Crippen molar-refractivity contribution >= 4 is 46.6 Å². The molecule has 1 atom stereocenters. The van der Waals surface area contributed by atoms with Crippen LogP contribution in [0.2, 0.25) is 10.0 Å². The van der Waals surface area contributed by atoms with E-state index < -0.39 is 6.04 Å². The highest BCUT2D eigenvalue weighted by molar-refractivity contribution is 6.35. The van der Waals surface area contributed by atoms with Crippen LogP contribution in [-0.4, -0.2) is 91.3 Å². The van der Waals surface area contributed by atoms with E-state index in [0.717, 1.165) is 26.2 Å². The van der Waals surface area contributed by atoms with Crippen molar-refractivity contribution in [3.8, 4) is 0 Å². The fourth-order valence-electron chi connectivity index (χ4n) is 3.52. The lowest BCUT2D eigenvalue weighted by atomic mass is 10.1. The van der Waals surface area contributed by atoms with E-state index >= 15 is 0 Å². The van der Waals surface area contributed by atoms with Gasteiger partial charge in [0.15, 0.2) is 0 Å². The number of hydrogen-bond donors (Lipinski definition) is 2. The van der Waals surface area contributed by atoms with Gasteiger partial charge in [-0.15, -0.1) is 0 Å². The molecule has 0 radical (unpaired) electrons. The van der Waals surface area contributed by atoms with Crippen molar-refractivity contribution in [1.82, 2.24) is 20.0 Å². The van der Waals surface area contributed by atoms with Crippen LogP contribution in [0.25, 0.3) is 0 Å². The number of nitrogens with zero attached hydrogens (tertiary/aromatic N) is 3. The number of benzene rings is 1. The van der Waals surface area contributed by atoms with Gasteiger partial charge in [-0.05, 0) is 25.2 Å². The summed E-state index contributed by atoms with van der Waals surface area (Å²) in [5, 5.41) is 6.23. The van der Waals surface area contributed by atoms with E-state index in [9.17, 15) is 14.4 Å². The Balaban J connectivity index is 1.62. The number of carbonyl (C=O) groups excluding carboxylic acids is 3. The number of carbonyl (C=O) groups is 3. The van der Waals surface area contributed by atoms with E-state index in [1.54, 1.807) is 18.2 Å². The van der Waals surface area contributed by atoms with Crippen LogP contribution in [-0.2, 0) is 14.4 Å². The van der Waals surface area contributed by atoms with Crippen LogP contribution in [0.15, 0.2) is 18.2 Å². The molecular weight excluding hydrogens is 417 g/mol. The van der Waals surface area contributed by atoms with Crippen molar-refractivity contribution in [2.75, 3.05) is 58.2 Å². The Hall–Kier alpha value is -1.87. The number of rotatable bonds is 5.